The lowest BCUT2D eigenvalue weighted by molar-refractivity contribution is -0.141. The molecule has 0 unspecified atom stereocenters. The number of rotatable bonds is 19. The number of nitrogens with one attached hydrogen (secondary N) is 6. The quantitative estimate of drug-likeness (QED) is 0.0856. The van der Waals surface area contributed by atoms with Crippen LogP contribution in [0.4, 0.5) is 5.69 Å². The Hall–Kier alpha value is -5.64. The smallest absolute Gasteiger partial charge is 0.245 e. The third kappa shape index (κ3) is 11.5. The number of carbonyl (C=O) groups is 8. The summed E-state index contributed by atoms with van der Waals surface area (Å²) < 4.78 is 0. The van der Waals surface area contributed by atoms with Crippen molar-refractivity contribution in [3.63, 3.8) is 0 Å². The number of ketones is 2. The van der Waals surface area contributed by atoms with Crippen LogP contribution in [-0.4, -0.2) is 108 Å². The molecule has 2 aliphatic rings. The summed E-state index contributed by atoms with van der Waals surface area (Å²) in [6.45, 7) is 9.16. The van der Waals surface area contributed by atoms with E-state index in [1.807, 2.05) is 20.8 Å². The number of hydrogen-bond acceptors (Lipinski definition) is 10. The molecule has 1 fully saturated rings. The van der Waals surface area contributed by atoms with Crippen molar-refractivity contribution in [2.24, 2.45) is 11.7 Å². The highest BCUT2D eigenvalue weighted by Gasteiger charge is 2.37. The maximum absolute atomic E-state index is 13.7. The van der Waals surface area contributed by atoms with E-state index >= 15 is 0 Å². The van der Waals surface area contributed by atoms with E-state index in [4.69, 9.17) is 5.73 Å². The normalized spacial score (nSPS) is 16.7. The number of hydrogen-bond donors (Lipinski definition) is 7. The molecule has 0 spiro atoms. The second-order valence-electron chi connectivity index (χ2n) is 15.0. The third-order valence-electron chi connectivity index (χ3n) is 9.90. The summed E-state index contributed by atoms with van der Waals surface area (Å²) in [5, 5.41) is 16.5. The number of nitrogens with two attached hydrogens (primary N) is 1. The van der Waals surface area contributed by atoms with Crippen molar-refractivity contribution >= 4 is 52.7 Å². The van der Waals surface area contributed by atoms with Crippen molar-refractivity contribution in [1.82, 2.24) is 31.5 Å². The zero-order valence-corrected chi connectivity index (χ0v) is 33.4. The summed E-state index contributed by atoms with van der Waals surface area (Å²) in [4.78, 5) is 106. The van der Waals surface area contributed by atoms with Gasteiger partial charge >= 0.3 is 0 Å². The van der Waals surface area contributed by atoms with Gasteiger partial charge in [0.25, 0.3) is 0 Å². The Morgan fingerprint density at radius 1 is 0.789 bits per heavy atom. The molecule has 16 heteroatoms. The van der Waals surface area contributed by atoms with Crippen LogP contribution in [0.2, 0.25) is 0 Å². The van der Waals surface area contributed by atoms with E-state index in [2.05, 4.69) is 31.9 Å². The molecular weight excluding hydrogens is 732 g/mol. The van der Waals surface area contributed by atoms with Gasteiger partial charge in [-0.1, -0.05) is 63.6 Å². The summed E-state index contributed by atoms with van der Waals surface area (Å²) >= 11 is 0. The second kappa shape index (κ2) is 20.5. The maximum Gasteiger partial charge on any atom is 0.245 e. The van der Waals surface area contributed by atoms with Gasteiger partial charge in [-0.25, -0.2) is 0 Å². The van der Waals surface area contributed by atoms with Gasteiger partial charge in [0, 0.05) is 42.0 Å². The zero-order valence-electron chi connectivity index (χ0n) is 33.4. The molecule has 0 saturated carbocycles. The number of amides is 6. The summed E-state index contributed by atoms with van der Waals surface area (Å²) in [6.07, 6.45) is 2.72. The van der Waals surface area contributed by atoms with Gasteiger partial charge in [0.2, 0.25) is 35.4 Å². The van der Waals surface area contributed by atoms with Crippen molar-refractivity contribution in [2.45, 2.75) is 103 Å². The summed E-state index contributed by atoms with van der Waals surface area (Å²) in [7, 11) is 0. The molecule has 6 amide bonds. The first-order valence-electron chi connectivity index (χ1n) is 19.7. The molecule has 0 bridgehead atoms. The third-order valence-corrected chi connectivity index (χ3v) is 9.90. The van der Waals surface area contributed by atoms with Crippen molar-refractivity contribution < 1.29 is 38.4 Å². The van der Waals surface area contributed by atoms with Crippen LogP contribution in [0, 0.1) is 5.92 Å². The Kier molecular flexibility index (Phi) is 15.9. The van der Waals surface area contributed by atoms with Crippen molar-refractivity contribution in [3.8, 4) is 0 Å². The minimum Gasteiger partial charge on any atom is -0.384 e. The van der Waals surface area contributed by atoms with Gasteiger partial charge in [-0.3, -0.25) is 38.4 Å². The van der Waals surface area contributed by atoms with Crippen molar-refractivity contribution in [2.75, 3.05) is 31.5 Å². The SMILES string of the molecule is CCC[C@H](NC(=O)CNC(=O)[C@H](CC(C)C)NC(=O)[C@H](C)NC(=O)[C@H](C)N)C(=O)N1CCC[C@H]1C(=O)NCCCNc1cccc2c1C(=O)c1ccccc1C2=O. The predicted octanol–water partition coefficient (Wildman–Crippen LogP) is 1.16. The van der Waals surface area contributed by atoms with Gasteiger partial charge in [-0.2, -0.15) is 0 Å². The van der Waals surface area contributed by atoms with E-state index in [0.717, 1.165) is 0 Å². The first-order valence-corrected chi connectivity index (χ1v) is 19.7. The standard InChI is InChI=1S/C41H56N8O8/c1-6-12-30(47-33(50)22-45-39(55)31(21-23(2)3)48-38(54)25(5)46-37(53)24(4)42)41(57)49-20-10-17-32(49)40(56)44-19-11-18-43-29-16-9-15-28-34(29)36(52)27-14-8-7-13-26(27)35(28)51/h7-9,13-16,23-25,30-32,43H,6,10-12,17-22,42H2,1-5H3,(H,44,56)(H,45,55)(H,46,53)(H,47,50)(H,48,54)/t24-,25-,30-,31-,32-/m0/s1. The molecule has 1 heterocycles. The van der Waals surface area contributed by atoms with Gasteiger partial charge in [-0.15, -0.1) is 0 Å². The maximum atomic E-state index is 13.7. The van der Waals surface area contributed by atoms with Crippen LogP contribution in [0.5, 0.6) is 0 Å². The van der Waals surface area contributed by atoms with Crippen molar-refractivity contribution in [3.05, 3.63) is 64.7 Å². The number of nitrogens with zero attached hydrogens (tertiary/aromatic N) is 1. The van der Waals surface area contributed by atoms with Crippen molar-refractivity contribution in [1.29, 1.82) is 0 Å². The van der Waals surface area contributed by atoms with E-state index in [0.29, 0.717) is 79.7 Å². The summed E-state index contributed by atoms with van der Waals surface area (Å²) in [5.41, 5.74) is 7.53. The molecule has 57 heavy (non-hydrogen) atoms. The average Bonchev–Trinajstić information content (AvgIpc) is 3.68. The molecule has 8 N–H and O–H groups in total. The Morgan fingerprint density at radius 2 is 1.47 bits per heavy atom. The minimum absolute atomic E-state index is 0.0106. The Labute approximate surface area is 333 Å². The largest absolute Gasteiger partial charge is 0.384 e. The molecule has 0 radical (unpaired) electrons. The Bertz CT molecular complexity index is 1850. The second-order valence-corrected chi connectivity index (χ2v) is 15.0. The Morgan fingerprint density at radius 3 is 2.14 bits per heavy atom. The van der Waals surface area contributed by atoms with Gasteiger partial charge in [0.1, 0.15) is 24.2 Å². The zero-order chi connectivity index (χ0) is 41.8. The number of likely N-dealkylation sites (tertiary alicyclic amines) is 1. The highest BCUT2D eigenvalue weighted by Crippen LogP contribution is 2.32. The minimum atomic E-state index is -0.982. The van der Waals surface area contributed by atoms with Crippen LogP contribution < -0.4 is 37.6 Å². The number of fused-ring (bicyclic) bond motifs is 2. The van der Waals surface area contributed by atoms with E-state index < -0.39 is 66.3 Å². The number of benzene rings is 2. The first kappa shape index (κ1) is 44.1. The topological polar surface area (TPSA) is 238 Å². The van der Waals surface area contributed by atoms with Crippen LogP contribution in [-0.2, 0) is 28.8 Å². The average molecular weight is 789 g/mol. The van der Waals surface area contributed by atoms with Crippen LogP contribution in [0.3, 0.4) is 0 Å². The molecule has 1 saturated heterocycles. The van der Waals surface area contributed by atoms with E-state index in [-0.39, 0.29) is 29.8 Å². The van der Waals surface area contributed by atoms with Crippen LogP contribution in [0.1, 0.15) is 105 Å². The van der Waals surface area contributed by atoms with E-state index in [1.165, 1.54) is 18.7 Å². The molecule has 1 aliphatic heterocycles. The lowest BCUT2D eigenvalue weighted by Crippen LogP contribution is -2.56. The summed E-state index contributed by atoms with van der Waals surface area (Å²) in [6, 6.07) is 7.48. The lowest BCUT2D eigenvalue weighted by atomic mass is 9.83. The van der Waals surface area contributed by atoms with Gasteiger partial charge in [-0.05, 0) is 57.9 Å². The van der Waals surface area contributed by atoms with Gasteiger partial charge < -0.3 is 42.5 Å². The van der Waals surface area contributed by atoms with Crippen LogP contribution in [0.15, 0.2) is 42.5 Å². The highest BCUT2D eigenvalue weighted by atomic mass is 16.2. The van der Waals surface area contributed by atoms with Gasteiger partial charge in [0.15, 0.2) is 11.6 Å². The first-order chi connectivity index (χ1) is 27.1. The van der Waals surface area contributed by atoms with E-state index in [9.17, 15) is 38.4 Å². The molecule has 4 rings (SSSR count). The van der Waals surface area contributed by atoms with Gasteiger partial charge in [0.05, 0.1) is 18.2 Å². The Balaban J connectivity index is 1.26. The fourth-order valence-electron chi connectivity index (χ4n) is 6.93. The molecule has 2 aromatic rings. The predicted molar refractivity (Wildman–Crippen MR) is 213 cm³/mol. The molecule has 1 aliphatic carbocycles. The fourth-order valence-corrected chi connectivity index (χ4v) is 6.93. The number of anilines is 1. The molecular formula is C41H56N8O8. The lowest BCUT2D eigenvalue weighted by Gasteiger charge is -2.29. The van der Waals surface area contributed by atoms with Crippen LogP contribution in [0.25, 0.3) is 0 Å². The molecule has 2 aromatic carbocycles. The number of carbonyl (C=O) groups excluding carboxylic acids is 8. The monoisotopic (exact) mass is 788 g/mol. The highest BCUT2D eigenvalue weighted by molar-refractivity contribution is 6.30. The van der Waals surface area contributed by atoms with E-state index in [1.54, 1.807) is 42.5 Å². The molecule has 5 atom stereocenters. The molecule has 16 nitrogen and oxygen atoms in total. The summed E-state index contributed by atoms with van der Waals surface area (Å²) in [5.74, 6) is -3.43. The van der Waals surface area contributed by atoms with Crippen LogP contribution >= 0.6 is 0 Å². The molecule has 0 aromatic heterocycles. The fraction of sp³-hybridized carbons (Fsp3) is 0.512. The molecule has 308 valence electrons.